The number of aromatic nitrogens is 1. The van der Waals surface area contributed by atoms with Gasteiger partial charge in [-0.3, -0.25) is 0 Å². The zero-order valence-electron chi connectivity index (χ0n) is 24.7. The predicted octanol–water partition coefficient (Wildman–Crippen LogP) is 8.91. The van der Waals surface area contributed by atoms with Gasteiger partial charge in [-0.15, -0.1) is 11.3 Å². The normalized spacial score (nSPS) is 13.4. The van der Waals surface area contributed by atoms with Gasteiger partial charge in [-0.05, 0) is 112 Å². The van der Waals surface area contributed by atoms with Crippen LogP contribution in [0.25, 0.3) is 31.1 Å². The van der Waals surface area contributed by atoms with E-state index < -0.39 is 0 Å². The van der Waals surface area contributed by atoms with Crippen LogP contribution in [0.2, 0.25) is 0 Å². The van der Waals surface area contributed by atoms with E-state index in [9.17, 15) is 8.78 Å². The van der Waals surface area contributed by atoms with Crippen LogP contribution in [0.1, 0.15) is 0 Å². The van der Waals surface area contributed by atoms with Crippen molar-refractivity contribution in [2.75, 3.05) is 9.80 Å². The maximum Gasteiger partial charge on any atom is 0.252 e. The zero-order chi connectivity index (χ0) is 30.7. The monoisotopic (exact) mass is 615 g/mol. The largest absolute Gasteiger partial charge is 0.350 e. The van der Waals surface area contributed by atoms with Crippen LogP contribution in [0.4, 0.5) is 42.9 Å². The molecule has 7 heteroatoms. The Balaban J connectivity index is 1.35. The first-order valence-electron chi connectivity index (χ1n) is 15.3. The fraction of sp³-hybridized carbons (Fsp3) is 0.0256. The van der Waals surface area contributed by atoms with Crippen LogP contribution in [-0.2, 0) is 7.05 Å². The first kappa shape index (κ1) is 25.9. The molecule has 2 aliphatic heterocycles. The molecule has 0 atom stereocenters. The molecule has 0 N–H and O–H groups in total. The number of nitrogens with zero attached hydrogens (tertiary/aromatic N) is 3. The minimum atomic E-state index is -0.268. The molecule has 0 unspecified atom stereocenters. The summed E-state index contributed by atoms with van der Waals surface area (Å²) in [6, 6.07) is 40.0. The van der Waals surface area contributed by atoms with Crippen LogP contribution >= 0.6 is 11.3 Å². The lowest BCUT2D eigenvalue weighted by Crippen LogP contribution is -2.61. The van der Waals surface area contributed by atoms with Crippen molar-refractivity contribution in [1.29, 1.82) is 0 Å². The SMILES string of the molecule is Cn1ccc2cc3c(cc21)N(c1ccc(F)cc1)c1cccc2c1B3c1cc3c(cc1N2c1ccc(F)cc1)sc1ccccc13. The van der Waals surface area contributed by atoms with Gasteiger partial charge in [-0.1, -0.05) is 36.4 Å². The van der Waals surface area contributed by atoms with E-state index in [-0.39, 0.29) is 18.3 Å². The van der Waals surface area contributed by atoms with E-state index in [4.69, 9.17) is 0 Å². The fourth-order valence-electron chi connectivity index (χ4n) is 7.65. The first-order valence-corrected chi connectivity index (χ1v) is 16.1. The molecule has 0 amide bonds. The van der Waals surface area contributed by atoms with Crippen LogP contribution in [0, 0.1) is 11.6 Å². The molecule has 4 heterocycles. The Kier molecular flexibility index (Phi) is 5.24. The summed E-state index contributed by atoms with van der Waals surface area (Å²) in [4.78, 5) is 4.55. The Morgan fingerprint density at radius 1 is 0.565 bits per heavy atom. The standard InChI is InChI=1S/C39H24BF2N3S/c1-43-18-17-23-19-30-35(21-34(23)43)44(26-13-9-24(41)10-14-26)32-6-4-7-33-39(32)40(30)31-20-29-28-5-2-3-8-37(28)46-38(29)22-36(31)45(33)27-15-11-25(42)12-16-27/h2-22H,1H3. The van der Waals surface area contributed by atoms with Crippen molar-refractivity contribution in [2.24, 2.45) is 7.05 Å². The molecule has 2 aliphatic rings. The summed E-state index contributed by atoms with van der Waals surface area (Å²) in [6.45, 7) is -0.0581. The topological polar surface area (TPSA) is 11.4 Å². The van der Waals surface area contributed by atoms with Crippen molar-refractivity contribution in [3.8, 4) is 0 Å². The highest BCUT2D eigenvalue weighted by atomic mass is 32.1. The van der Waals surface area contributed by atoms with Gasteiger partial charge < -0.3 is 14.4 Å². The second-order valence-electron chi connectivity index (χ2n) is 12.2. The Morgan fingerprint density at radius 3 is 1.89 bits per heavy atom. The van der Waals surface area contributed by atoms with Crippen molar-refractivity contribution in [3.63, 3.8) is 0 Å². The number of benzene rings is 6. The molecule has 0 bridgehead atoms. The van der Waals surface area contributed by atoms with Gasteiger partial charge in [-0.2, -0.15) is 0 Å². The highest BCUT2D eigenvalue weighted by Gasteiger charge is 2.43. The van der Waals surface area contributed by atoms with E-state index >= 15 is 0 Å². The molecule has 0 fully saturated rings. The summed E-state index contributed by atoms with van der Waals surface area (Å²) in [6.07, 6.45) is 2.10. The molecule has 10 rings (SSSR count). The Labute approximate surface area is 268 Å². The summed E-state index contributed by atoms with van der Waals surface area (Å²) < 4.78 is 33.1. The number of anilines is 6. The second kappa shape index (κ2) is 9.31. The molecule has 6 aromatic carbocycles. The van der Waals surface area contributed by atoms with Crippen molar-refractivity contribution in [1.82, 2.24) is 4.57 Å². The van der Waals surface area contributed by atoms with Crippen LogP contribution < -0.4 is 26.2 Å². The fourth-order valence-corrected chi connectivity index (χ4v) is 8.77. The van der Waals surface area contributed by atoms with Crippen molar-refractivity contribution in [3.05, 3.63) is 139 Å². The molecule has 0 radical (unpaired) electrons. The maximum absolute atomic E-state index is 14.3. The van der Waals surface area contributed by atoms with Gasteiger partial charge >= 0.3 is 0 Å². The highest BCUT2D eigenvalue weighted by molar-refractivity contribution is 7.26. The van der Waals surface area contributed by atoms with Crippen LogP contribution in [0.5, 0.6) is 0 Å². The van der Waals surface area contributed by atoms with Crippen LogP contribution in [0.3, 0.4) is 0 Å². The average Bonchev–Trinajstić information content (AvgIpc) is 3.63. The van der Waals surface area contributed by atoms with Gasteiger partial charge in [0.1, 0.15) is 11.6 Å². The third-order valence-electron chi connectivity index (χ3n) is 9.66. The van der Waals surface area contributed by atoms with E-state index in [0.717, 1.165) is 39.6 Å². The summed E-state index contributed by atoms with van der Waals surface area (Å²) in [7, 11) is 2.07. The van der Waals surface area contributed by atoms with E-state index in [1.54, 1.807) is 11.3 Å². The highest BCUT2D eigenvalue weighted by Crippen LogP contribution is 2.46. The quantitative estimate of drug-likeness (QED) is 0.180. The molecule has 3 nitrogen and oxygen atoms in total. The van der Waals surface area contributed by atoms with Crippen LogP contribution in [-0.4, -0.2) is 11.3 Å². The van der Waals surface area contributed by atoms with Crippen molar-refractivity contribution < 1.29 is 8.78 Å². The molecular weight excluding hydrogens is 591 g/mol. The Bertz CT molecular complexity index is 2540. The average molecular weight is 616 g/mol. The number of hydrogen-bond acceptors (Lipinski definition) is 3. The van der Waals surface area contributed by atoms with Gasteiger partial charge in [0.15, 0.2) is 0 Å². The van der Waals surface area contributed by atoms with E-state index in [0.29, 0.717) is 0 Å². The summed E-state index contributed by atoms with van der Waals surface area (Å²) in [5.41, 5.74) is 10.8. The van der Waals surface area contributed by atoms with Gasteiger partial charge in [-0.25, -0.2) is 8.78 Å². The molecule has 0 saturated heterocycles. The zero-order valence-corrected chi connectivity index (χ0v) is 25.5. The van der Waals surface area contributed by atoms with E-state index in [2.05, 4.69) is 100 Å². The summed E-state index contributed by atoms with van der Waals surface area (Å²) in [5, 5.41) is 3.66. The molecular formula is C39H24BF2N3S. The third-order valence-corrected chi connectivity index (χ3v) is 10.8. The van der Waals surface area contributed by atoms with E-state index in [1.807, 2.05) is 24.3 Å². The van der Waals surface area contributed by atoms with E-state index in [1.165, 1.54) is 66.2 Å². The minimum absolute atomic E-state index is 0.0581. The molecule has 2 aromatic heterocycles. The molecule has 0 aliphatic carbocycles. The Morgan fingerprint density at radius 2 is 1.20 bits per heavy atom. The molecule has 46 heavy (non-hydrogen) atoms. The molecule has 0 saturated carbocycles. The van der Waals surface area contributed by atoms with Crippen molar-refractivity contribution in [2.45, 2.75) is 0 Å². The van der Waals surface area contributed by atoms with Crippen LogP contribution in [0.15, 0.2) is 128 Å². The molecule has 0 spiro atoms. The lowest BCUT2D eigenvalue weighted by molar-refractivity contribution is 0.627. The number of fused-ring (bicyclic) bond motifs is 8. The maximum atomic E-state index is 14.3. The number of hydrogen-bond donors (Lipinski definition) is 0. The molecule has 8 aromatic rings. The van der Waals surface area contributed by atoms with Gasteiger partial charge in [0.05, 0.1) is 0 Å². The lowest BCUT2D eigenvalue weighted by Gasteiger charge is -2.44. The number of halogens is 2. The minimum Gasteiger partial charge on any atom is -0.350 e. The number of rotatable bonds is 2. The second-order valence-corrected chi connectivity index (χ2v) is 13.3. The van der Waals surface area contributed by atoms with Crippen molar-refractivity contribution >= 4 is 99.6 Å². The third kappa shape index (κ3) is 3.52. The number of thiophene rings is 1. The van der Waals surface area contributed by atoms with Gasteiger partial charge in [0.25, 0.3) is 6.71 Å². The first-order chi connectivity index (χ1) is 22.5. The predicted molar refractivity (Wildman–Crippen MR) is 190 cm³/mol. The van der Waals surface area contributed by atoms with Gasteiger partial charge in [0, 0.05) is 67.7 Å². The molecule has 218 valence electrons. The lowest BCUT2D eigenvalue weighted by atomic mass is 9.33. The van der Waals surface area contributed by atoms with Gasteiger partial charge in [0.2, 0.25) is 0 Å². The summed E-state index contributed by atoms with van der Waals surface area (Å²) in [5.74, 6) is -0.535. The smallest absolute Gasteiger partial charge is 0.252 e. The number of aryl methyl sites for hydroxylation is 1. The Hall–Kier alpha value is -5.40. The summed E-state index contributed by atoms with van der Waals surface area (Å²) >= 11 is 1.80.